The van der Waals surface area contributed by atoms with Crippen LogP contribution in [0.5, 0.6) is 0 Å². The first kappa shape index (κ1) is 17.6. The number of benzene rings is 1. The number of likely N-dealkylation sites (tertiary alicyclic amines) is 1. The van der Waals surface area contributed by atoms with Gasteiger partial charge >= 0.3 is 0 Å². The smallest absolute Gasteiger partial charge is 0.127 e. The van der Waals surface area contributed by atoms with E-state index in [9.17, 15) is 4.39 Å². The minimum Gasteiger partial charge on any atom is -0.372 e. The summed E-state index contributed by atoms with van der Waals surface area (Å²) >= 11 is 0. The fourth-order valence-electron chi connectivity index (χ4n) is 3.94. The van der Waals surface area contributed by atoms with E-state index in [2.05, 4.69) is 9.88 Å². The van der Waals surface area contributed by atoms with Gasteiger partial charge in [-0.25, -0.2) is 4.39 Å². The van der Waals surface area contributed by atoms with Crippen LogP contribution in [0.2, 0.25) is 0 Å². The maximum absolute atomic E-state index is 13.8. The zero-order chi connectivity index (χ0) is 17.8. The van der Waals surface area contributed by atoms with Crippen LogP contribution in [0.3, 0.4) is 0 Å². The van der Waals surface area contributed by atoms with Crippen LogP contribution in [0.25, 0.3) is 0 Å². The van der Waals surface area contributed by atoms with E-state index in [-0.39, 0.29) is 17.5 Å². The summed E-state index contributed by atoms with van der Waals surface area (Å²) in [6.07, 6.45) is 6.65. The summed E-state index contributed by atoms with van der Waals surface area (Å²) in [6, 6.07) is 11.0. The van der Waals surface area contributed by atoms with Gasteiger partial charge in [0.05, 0.1) is 24.9 Å². The summed E-state index contributed by atoms with van der Waals surface area (Å²) < 4.78 is 26.0. The SMILES string of the molecule is Fc1ccccc1CN1CCC2(CC1)C[C@@H](OCc1ccncc1)CO2. The lowest BCUT2D eigenvalue weighted by Crippen LogP contribution is -2.44. The van der Waals surface area contributed by atoms with Crippen molar-refractivity contribution in [2.24, 2.45) is 0 Å². The van der Waals surface area contributed by atoms with Crippen LogP contribution in [0, 0.1) is 5.82 Å². The van der Waals surface area contributed by atoms with E-state index in [0.29, 0.717) is 19.8 Å². The molecule has 1 spiro atoms. The molecule has 0 unspecified atom stereocenters. The van der Waals surface area contributed by atoms with E-state index < -0.39 is 0 Å². The second-order valence-electron chi connectivity index (χ2n) is 7.35. The molecule has 2 fully saturated rings. The molecule has 0 bridgehead atoms. The third kappa shape index (κ3) is 4.11. The summed E-state index contributed by atoms with van der Waals surface area (Å²) in [6.45, 7) is 3.81. The number of ether oxygens (including phenoxy) is 2. The fraction of sp³-hybridized carbons (Fsp3) is 0.476. The zero-order valence-corrected chi connectivity index (χ0v) is 14.9. The van der Waals surface area contributed by atoms with Crippen molar-refractivity contribution in [3.8, 4) is 0 Å². The average Bonchev–Trinajstić information content (AvgIpc) is 3.08. The minimum absolute atomic E-state index is 0.0609. The Labute approximate surface area is 153 Å². The normalized spacial score (nSPS) is 22.7. The molecule has 1 aromatic heterocycles. The molecule has 0 N–H and O–H groups in total. The Hall–Kier alpha value is -1.82. The highest BCUT2D eigenvalue weighted by atomic mass is 19.1. The molecule has 1 aromatic carbocycles. The predicted molar refractivity (Wildman–Crippen MR) is 97.0 cm³/mol. The first-order valence-corrected chi connectivity index (χ1v) is 9.33. The number of rotatable bonds is 5. The van der Waals surface area contributed by atoms with Gasteiger partial charge < -0.3 is 9.47 Å². The Morgan fingerprint density at radius 2 is 1.92 bits per heavy atom. The van der Waals surface area contributed by atoms with Crippen molar-refractivity contribution in [1.82, 2.24) is 9.88 Å². The van der Waals surface area contributed by atoms with Gasteiger partial charge in [-0.05, 0) is 36.6 Å². The van der Waals surface area contributed by atoms with E-state index in [1.54, 1.807) is 18.5 Å². The molecule has 2 aromatic rings. The highest BCUT2D eigenvalue weighted by Crippen LogP contribution is 2.37. The van der Waals surface area contributed by atoms with Crippen molar-refractivity contribution < 1.29 is 13.9 Å². The second-order valence-corrected chi connectivity index (χ2v) is 7.35. The number of hydrogen-bond acceptors (Lipinski definition) is 4. The molecule has 4 nitrogen and oxygen atoms in total. The quantitative estimate of drug-likeness (QED) is 0.820. The number of halogens is 1. The maximum atomic E-state index is 13.8. The van der Waals surface area contributed by atoms with Crippen LogP contribution < -0.4 is 0 Å². The molecule has 2 aliphatic rings. The molecular weight excluding hydrogens is 331 g/mol. The summed E-state index contributed by atoms with van der Waals surface area (Å²) in [5.74, 6) is -0.116. The fourth-order valence-corrected chi connectivity index (χ4v) is 3.94. The molecule has 138 valence electrons. The lowest BCUT2D eigenvalue weighted by atomic mass is 9.88. The van der Waals surface area contributed by atoms with E-state index in [0.717, 1.165) is 43.5 Å². The highest BCUT2D eigenvalue weighted by molar-refractivity contribution is 5.17. The van der Waals surface area contributed by atoms with Crippen molar-refractivity contribution in [3.05, 3.63) is 65.7 Å². The van der Waals surface area contributed by atoms with Crippen LogP contribution in [-0.2, 0) is 22.6 Å². The van der Waals surface area contributed by atoms with Gasteiger partial charge in [-0.2, -0.15) is 0 Å². The summed E-state index contributed by atoms with van der Waals surface area (Å²) in [4.78, 5) is 6.35. The largest absolute Gasteiger partial charge is 0.372 e. The summed E-state index contributed by atoms with van der Waals surface area (Å²) in [5.41, 5.74) is 1.85. The van der Waals surface area contributed by atoms with Gasteiger partial charge in [0.25, 0.3) is 0 Å². The van der Waals surface area contributed by atoms with Gasteiger partial charge in [0.15, 0.2) is 0 Å². The maximum Gasteiger partial charge on any atom is 0.127 e. The highest BCUT2D eigenvalue weighted by Gasteiger charge is 2.43. The summed E-state index contributed by atoms with van der Waals surface area (Å²) in [7, 11) is 0. The molecule has 1 atom stereocenters. The number of piperidine rings is 1. The Kier molecular flexibility index (Phi) is 5.29. The third-order valence-electron chi connectivity index (χ3n) is 5.53. The van der Waals surface area contributed by atoms with Crippen molar-refractivity contribution in [3.63, 3.8) is 0 Å². The van der Waals surface area contributed by atoms with Gasteiger partial charge in [0, 0.05) is 44.0 Å². The lowest BCUT2D eigenvalue weighted by molar-refractivity contribution is -0.0469. The molecule has 3 heterocycles. The van der Waals surface area contributed by atoms with Gasteiger partial charge in [-0.1, -0.05) is 18.2 Å². The van der Waals surface area contributed by atoms with Crippen molar-refractivity contribution in [1.29, 1.82) is 0 Å². The number of nitrogens with zero attached hydrogens (tertiary/aromatic N) is 2. The van der Waals surface area contributed by atoms with Crippen molar-refractivity contribution >= 4 is 0 Å². The van der Waals surface area contributed by atoms with Crippen molar-refractivity contribution in [2.45, 2.75) is 44.1 Å². The van der Waals surface area contributed by atoms with Crippen LogP contribution in [0.4, 0.5) is 4.39 Å². The van der Waals surface area contributed by atoms with Gasteiger partial charge in [-0.3, -0.25) is 9.88 Å². The van der Waals surface area contributed by atoms with Gasteiger partial charge in [0.2, 0.25) is 0 Å². The first-order chi connectivity index (χ1) is 12.7. The standard InChI is InChI=1S/C21H25FN2O2/c22-20-4-2-1-3-18(20)14-24-11-7-21(8-12-24)13-19(16-26-21)25-15-17-5-9-23-10-6-17/h1-6,9-10,19H,7-8,11-16H2/t19-/m1/s1. The molecule has 0 saturated carbocycles. The number of pyridine rings is 1. The first-order valence-electron chi connectivity index (χ1n) is 9.33. The lowest BCUT2D eigenvalue weighted by Gasteiger charge is -2.38. The van der Waals surface area contributed by atoms with Crippen LogP contribution in [0.15, 0.2) is 48.8 Å². The Morgan fingerprint density at radius 3 is 2.69 bits per heavy atom. The van der Waals surface area contributed by atoms with Gasteiger partial charge in [-0.15, -0.1) is 0 Å². The molecule has 2 saturated heterocycles. The molecule has 5 heteroatoms. The predicted octanol–water partition coefficient (Wildman–Crippen LogP) is 3.56. The molecule has 0 aliphatic carbocycles. The minimum atomic E-state index is -0.116. The third-order valence-corrected chi connectivity index (χ3v) is 5.53. The Bertz CT molecular complexity index is 717. The van der Waals surface area contributed by atoms with Crippen LogP contribution in [-0.4, -0.2) is 41.3 Å². The molecule has 2 aliphatic heterocycles. The molecule has 26 heavy (non-hydrogen) atoms. The number of hydrogen-bond donors (Lipinski definition) is 0. The molecule has 4 rings (SSSR count). The van der Waals surface area contributed by atoms with Crippen LogP contribution in [0.1, 0.15) is 30.4 Å². The van der Waals surface area contributed by atoms with Crippen molar-refractivity contribution in [2.75, 3.05) is 19.7 Å². The molecule has 0 amide bonds. The van der Waals surface area contributed by atoms with Gasteiger partial charge in [0.1, 0.15) is 5.82 Å². The zero-order valence-electron chi connectivity index (χ0n) is 14.9. The van der Waals surface area contributed by atoms with E-state index in [4.69, 9.17) is 9.47 Å². The van der Waals surface area contributed by atoms with Crippen LogP contribution >= 0.6 is 0 Å². The Morgan fingerprint density at radius 1 is 1.15 bits per heavy atom. The van der Waals surface area contributed by atoms with E-state index >= 15 is 0 Å². The summed E-state index contributed by atoms with van der Waals surface area (Å²) in [5, 5.41) is 0. The van der Waals surface area contributed by atoms with E-state index in [1.807, 2.05) is 24.3 Å². The second kappa shape index (κ2) is 7.82. The monoisotopic (exact) mass is 356 g/mol. The average molecular weight is 356 g/mol. The van der Waals surface area contributed by atoms with E-state index in [1.165, 1.54) is 6.07 Å². The molecular formula is C21H25FN2O2. The topological polar surface area (TPSA) is 34.6 Å². The molecule has 0 radical (unpaired) electrons. The Balaban J connectivity index is 1.26. The number of aromatic nitrogens is 1.